The van der Waals surface area contributed by atoms with Gasteiger partial charge < -0.3 is 19.8 Å². The van der Waals surface area contributed by atoms with Crippen molar-refractivity contribution in [2.24, 2.45) is 17.8 Å². The Morgan fingerprint density at radius 3 is 1.04 bits per heavy atom. The minimum Gasteiger partial charge on any atom is -0.481 e. The van der Waals surface area contributed by atoms with Gasteiger partial charge in [-0.1, -0.05) is 130 Å². The lowest BCUT2D eigenvalue weighted by Gasteiger charge is -2.40. The molecule has 3 unspecified atom stereocenters. The highest BCUT2D eigenvalue weighted by molar-refractivity contribution is 5.70. The number of unbranched alkanes of at least 4 members (excludes halogenated alkanes) is 18. The summed E-state index contributed by atoms with van der Waals surface area (Å²) in [7, 11) is 0. The number of rotatable bonds is 34. The fraction of sp³-hybridized carbons (Fsp3) is 0.872. The largest absolute Gasteiger partial charge is 0.481 e. The lowest BCUT2D eigenvalue weighted by atomic mass is 10.0. The molecule has 46 heavy (non-hydrogen) atoms. The van der Waals surface area contributed by atoms with Crippen LogP contribution in [0.15, 0.2) is 12.2 Å². The second kappa shape index (κ2) is 29.3. The second-order valence-electron chi connectivity index (χ2n) is 14.4. The number of aliphatic carboxylic acids is 3. The van der Waals surface area contributed by atoms with E-state index in [0.717, 1.165) is 19.4 Å². The molecule has 270 valence electrons. The van der Waals surface area contributed by atoms with E-state index in [4.69, 9.17) is 0 Å². The Kier molecular flexibility index (Phi) is 28.1. The van der Waals surface area contributed by atoms with Crippen molar-refractivity contribution in [1.82, 2.24) is 0 Å². The lowest BCUT2D eigenvalue weighted by Crippen LogP contribution is -2.52. The Balaban J connectivity index is 4.30. The Bertz CT molecular complexity index is 738. The van der Waals surface area contributed by atoms with Gasteiger partial charge in [0.25, 0.3) is 0 Å². The summed E-state index contributed by atoms with van der Waals surface area (Å²) < 4.78 is 0.613. The van der Waals surface area contributed by atoms with Gasteiger partial charge in [0.05, 0.1) is 43.9 Å². The molecule has 3 N–H and O–H groups in total. The van der Waals surface area contributed by atoms with E-state index in [1.165, 1.54) is 116 Å². The molecule has 0 spiro atoms. The van der Waals surface area contributed by atoms with Gasteiger partial charge in [0.15, 0.2) is 0 Å². The van der Waals surface area contributed by atoms with Crippen LogP contribution in [0, 0.1) is 17.8 Å². The van der Waals surface area contributed by atoms with E-state index in [0.29, 0.717) is 43.4 Å². The number of carboxylic acids is 3. The van der Waals surface area contributed by atoms with Crippen molar-refractivity contribution in [1.29, 1.82) is 0 Å². The maximum absolute atomic E-state index is 11.5. The highest BCUT2D eigenvalue weighted by Gasteiger charge is 2.31. The third-order valence-corrected chi connectivity index (χ3v) is 10.0. The molecule has 0 aromatic heterocycles. The van der Waals surface area contributed by atoms with Crippen LogP contribution in [0.5, 0.6) is 0 Å². The van der Waals surface area contributed by atoms with Gasteiger partial charge in [-0.05, 0) is 38.5 Å². The van der Waals surface area contributed by atoms with Crippen LogP contribution in [0.1, 0.15) is 175 Å². The normalized spacial score (nSPS) is 15.0. The van der Waals surface area contributed by atoms with Crippen LogP contribution in [0.4, 0.5) is 0 Å². The summed E-state index contributed by atoms with van der Waals surface area (Å²) >= 11 is 0. The molecule has 0 amide bonds. The number of nitrogens with zero attached hydrogens (tertiary/aromatic N) is 1. The Labute approximate surface area is 283 Å². The molecule has 0 saturated carbocycles. The maximum Gasteiger partial charge on any atom is 0.306 e. The Morgan fingerprint density at radius 1 is 0.457 bits per heavy atom. The minimum absolute atomic E-state index is 0.479. The third kappa shape index (κ3) is 25.2. The fourth-order valence-electron chi connectivity index (χ4n) is 6.20. The molecule has 0 rings (SSSR count). The van der Waals surface area contributed by atoms with Gasteiger partial charge in [-0.15, -0.1) is 0 Å². The van der Waals surface area contributed by atoms with E-state index in [-0.39, 0.29) is 0 Å². The van der Waals surface area contributed by atoms with Crippen LogP contribution in [-0.2, 0) is 14.4 Å². The van der Waals surface area contributed by atoms with Gasteiger partial charge in [0.1, 0.15) is 0 Å². The molecule has 0 aliphatic rings. The van der Waals surface area contributed by atoms with Crippen LogP contribution in [0.2, 0.25) is 0 Å². The first-order valence-electron chi connectivity index (χ1n) is 19.2. The number of allylic oxidation sites excluding steroid dienone is 2. The molecule has 0 aliphatic carbocycles. The molecular formula is C39H74NO6+. The molecule has 0 aromatic carbocycles. The summed E-state index contributed by atoms with van der Waals surface area (Å²) in [6.45, 7) is 10.2. The number of carboxylic acid groups (broad SMARTS) is 3. The zero-order chi connectivity index (χ0) is 34.5. The monoisotopic (exact) mass is 653 g/mol. The van der Waals surface area contributed by atoms with Gasteiger partial charge in [0.2, 0.25) is 0 Å². The first kappa shape index (κ1) is 44.1. The molecule has 0 aliphatic heterocycles. The Morgan fingerprint density at radius 2 is 0.739 bits per heavy atom. The van der Waals surface area contributed by atoms with Gasteiger partial charge in [-0.2, -0.15) is 0 Å². The average molecular weight is 653 g/mol. The van der Waals surface area contributed by atoms with Gasteiger partial charge in [-0.25, -0.2) is 0 Å². The molecule has 0 bridgehead atoms. The predicted molar refractivity (Wildman–Crippen MR) is 191 cm³/mol. The van der Waals surface area contributed by atoms with Crippen molar-refractivity contribution >= 4 is 17.9 Å². The Hall–Kier alpha value is -1.89. The number of quaternary nitrogens is 1. The summed E-state index contributed by atoms with van der Waals surface area (Å²) in [6, 6.07) is 0. The minimum atomic E-state index is -0.822. The van der Waals surface area contributed by atoms with Crippen molar-refractivity contribution in [2.45, 2.75) is 175 Å². The molecular weight excluding hydrogens is 578 g/mol. The molecule has 3 atom stereocenters. The number of carbonyl (C=O) groups is 3. The predicted octanol–water partition coefficient (Wildman–Crippen LogP) is 10.5. The summed E-state index contributed by atoms with van der Waals surface area (Å²) in [5.74, 6) is -3.90. The zero-order valence-electron chi connectivity index (χ0n) is 30.5. The number of hydrogen-bond donors (Lipinski definition) is 3. The van der Waals surface area contributed by atoms with Crippen LogP contribution in [0.25, 0.3) is 0 Å². The summed E-state index contributed by atoms with van der Waals surface area (Å²) in [6.07, 6.45) is 32.2. The second-order valence-corrected chi connectivity index (χ2v) is 14.4. The fourth-order valence-corrected chi connectivity index (χ4v) is 6.20. The highest BCUT2D eigenvalue weighted by atomic mass is 16.4. The molecule has 0 fully saturated rings. The smallest absolute Gasteiger partial charge is 0.306 e. The molecule has 7 heteroatoms. The van der Waals surface area contributed by atoms with Crippen LogP contribution in [0.3, 0.4) is 0 Å². The van der Waals surface area contributed by atoms with Gasteiger partial charge in [0, 0.05) is 19.3 Å². The summed E-state index contributed by atoms with van der Waals surface area (Å²) in [5, 5.41) is 28.4. The topological polar surface area (TPSA) is 112 Å². The summed E-state index contributed by atoms with van der Waals surface area (Å²) in [4.78, 5) is 34.6. The van der Waals surface area contributed by atoms with E-state index in [2.05, 4.69) is 19.1 Å². The van der Waals surface area contributed by atoms with Crippen molar-refractivity contribution in [3.05, 3.63) is 12.2 Å². The van der Waals surface area contributed by atoms with Gasteiger partial charge >= 0.3 is 17.9 Å². The SMILES string of the molecule is CCCCCCCCC/C=C/CCCCCCCCCCCCC[N+](CCC(C)C(=O)O)(CCC(C)C(=O)O)CCC(C)C(=O)O. The van der Waals surface area contributed by atoms with Gasteiger partial charge in [-0.3, -0.25) is 14.4 Å². The molecule has 0 radical (unpaired) electrons. The third-order valence-electron chi connectivity index (χ3n) is 10.0. The van der Waals surface area contributed by atoms with E-state index in [9.17, 15) is 29.7 Å². The molecule has 0 aromatic rings. The zero-order valence-corrected chi connectivity index (χ0v) is 30.5. The summed E-state index contributed by atoms with van der Waals surface area (Å²) in [5.41, 5.74) is 0. The van der Waals surface area contributed by atoms with Crippen molar-refractivity contribution in [3.63, 3.8) is 0 Å². The van der Waals surface area contributed by atoms with Crippen molar-refractivity contribution < 1.29 is 34.2 Å². The standard InChI is InChI=1S/C39H73NO6/c1-5-6-7-8-9-10-11-12-13-14-15-16-17-18-19-20-21-22-23-24-25-26-30-40(31-27-34(2)37(41)42,32-28-35(3)38(43)44)33-29-36(4)39(45)46/h13-14,34-36H,5-12,15-33H2,1-4H3,(H2-,41,42,43,44,45,46)/p+1/b14-13+. The molecule has 0 heterocycles. The average Bonchev–Trinajstić information content (AvgIpc) is 3.03. The molecule has 0 saturated heterocycles. The van der Waals surface area contributed by atoms with Crippen LogP contribution < -0.4 is 0 Å². The first-order valence-corrected chi connectivity index (χ1v) is 19.2. The van der Waals surface area contributed by atoms with Crippen molar-refractivity contribution in [2.75, 3.05) is 26.2 Å². The number of hydrogen-bond acceptors (Lipinski definition) is 3. The van der Waals surface area contributed by atoms with Crippen LogP contribution >= 0.6 is 0 Å². The lowest BCUT2D eigenvalue weighted by molar-refractivity contribution is -0.929. The van der Waals surface area contributed by atoms with E-state index >= 15 is 0 Å². The van der Waals surface area contributed by atoms with E-state index in [1.807, 2.05) is 0 Å². The quantitative estimate of drug-likeness (QED) is 0.0362. The highest BCUT2D eigenvalue weighted by Crippen LogP contribution is 2.22. The maximum atomic E-state index is 11.5. The van der Waals surface area contributed by atoms with Crippen LogP contribution in [-0.4, -0.2) is 63.9 Å². The molecule has 7 nitrogen and oxygen atoms in total. The van der Waals surface area contributed by atoms with E-state index in [1.54, 1.807) is 20.8 Å². The van der Waals surface area contributed by atoms with E-state index < -0.39 is 35.7 Å². The first-order chi connectivity index (χ1) is 22.0. The van der Waals surface area contributed by atoms with Crippen molar-refractivity contribution in [3.8, 4) is 0 Å².